The molecule has 0 N–H and O–H groups in total. The normalized spacial score (nSPS) is 25.2. The molecular formula is C27H46O4Si. The first-order valence-electron chi connectivity index (χ1n) is 12.1. The molecule has 3 atom stereocenters. The number of ether oxygens (including phenoxy) is 2. The standard InChI is InChI=1S/C27H46O4Si/c1-25(2,3)31-24-16-15-23(28)22(20-30-32(8,9)26(4,5)6)27(24,7)17-18-29-19-21-13-11-10-12-14-21/h10-14,22,24H,15-20H2,1-9H3/t22-,24-,27-/m0/s1. The van der Waals surface area contributed by atoms with Crippen LogP contribution in [0.3, 0.4) is 0 Å². The molecule has 32 heavy (non-hydrogen) atoms. The largest absolute Gasteiger partial charge is 0.416 e. The molecule has 2 rings (SSSR count). The minimum atomic E-state index is -1.96. The monoisotopic (exact) mass is 462 g/mol. The molecule has 1 aromatic rings. The molecule has 0 radical (unpaired) electrons. The predicted molar refractivity (Wildman–Crippen MR) is 134 cm³/mol. The van der Waals surface area contributed by atoms with Crippen molar-refractivity contribution >= 4 is 14.1 Å². The fraction of sp³-hybridized carbons (Fsp3) is 0.741. The van der Waals surface area contributed by atoms with Crippen molar-refractivity contribution in [2.24, 2.45) is 11.3 Å². The molecule has 0 amide bonds. The van der Waals surface area contributed by atoms with Crippen molar-refractivity contribution < 1.29 is 18.7 Å². The second-order valence-electron chi connectivity index (χ2n) is 12.1. The van der Waals surface area contributed by atoms with Crippen molar-refractivity contribution in [3.8, 4) is 0 Å². The third kappa shape index (κ3) is 7.24. The molecule has 182 valence electrons. The Balaban J connectivity index is 2.17. The molecule has 0 spiro atoms. The second kappa shape index (κ2) is 10.5. The lowest BCUT2D eigenvalue weighted by molar-refractivity contribution is -0.171. The number of hydrogen-bond acceptors (Lipinski definition) is 4. The lowest BCUT2D eigenvalue weighted by Crippen LogP contribution is -2.54. The van der Waals surface area contributed by atoms with Gasteiger partial charge in [-0.2, -0.15) is 0 Å². The molecular weight excluding hydrogens is 416 g/mol. The average molecular weight is 463 g/mol. The van der Waals surface area contributed by atoms with Gasteiger partial charge in [0.25, 0.3) is 0 Å². The van der Waals surface area contributed by atoms with Crippen LogP contribution in [0.4, 0.5) is 0 Å². The quantitative estimate of drug-likeness (QED) is 0.299. The zero-order valence-corrected chi connectivity index (χ0v) is 22.9. The Morgan fingerprint density at radius 1 is 1.06 bits per heavy atom. The van der Waals surface area contributed by atoms with Gasteiger partial charge < -0.3 is 13.9 Å². The summed E-state index contributed by atoms with van der Waals surface area (Å²) < 4.78 is 19.2. The van der Waals surface area contributed by atoms with E-state index < -0.39 is 8.32 Å². The van der Waals surface area contributed by atoms with E-state index >= 15 is 0 Å². The van der Waals surface area contributed by atoms with Gasteiger partial charge in [-0.3, -0.25) is 4.79 Å². The fourth-order valence-corrected chi connectivity index (χ4v) is 5.19. The van der Waals surface area contributed by atoms with Crippen molar-refractivity contribution in [2.75, 3.05) is 13.2 Å². The summed E-state index contributed by atoms with van der Waals surface area (Å²) in [5.41, 5.74) is 0.585. The summed E-state index contributed by atoms with van der Waals surface area (Å²) in [5, 5.41) is 0.112. The molecule has 1 fully saturated rings. The number of carbonyl (C=O) groups is 1. The topological polar surface area (TPSA) is 44.8 Å². The maximum Gasteiger partial charge on any atom is 0.192 e. The van der Waals surface area contributed by atoms with Crippen molar-refractivity contribution in [1.29, 1.82) is 0 Å². The summed E-state index contributed by atoms with van der Waals surface area (Å²) in [6, 6.07) is 10.2. The minimum Gasteiger partial charge on any atom is -0.416 e. The molecule has 0 heterocycles. The van der Waals surface area contributed by atoms with E-state index in [2.05, 4.69) is 73.7 Å². The van der Waals surface area contributed by atoms with Crippen molar-refractivity contribution in [3.05, 3.63) is 35.9 Å². The van der Waals surface area contributed by atoms with Gasteiger partial charge in [0.2, 0.25) is 0 Å². The van der Waals surface area contributed by atoms with Crippen LogP contribution in [0.2, 0.25) is 18.1 Å². The average Bonchev–Trinajstić information content (AvgIpc) is 2.66. The summed E-state index contributed by atoms with van der Waals surface area (Å²) in [4.78, 5) is 13.2. The van der Waals surface area contributed by atoms with Crippen molar-refractivity contribution in [3.63, 3.8) is 0 Å². The van der Waals surface area contributed by atoms with E-state index in [-0.39, 0.29) is 28.1 Å². The third-order valence-corrected chi connectivity index (χ3v) is 11.9. The Kier molecular flexibility index (Phi) is 8.94. The molecule has 0 bridgehead atoms. The summed E-state index contributed by atoms with van der Waals surface area (Å²) in [6.07, 6.45) is 2.11. The lowest BCUT2D eigenvalue weighted by Gasteiger charge is -2.49. The van der Waals surface area contributed by atoms with Crippen LogP contribution >= 0.6 is 0 Å². The van der Waals surface area contributed by atoms with E-state index in [0.29, 0.717) is 32.0 Å². The van der Waals surface area contributed by atoms with E-state index in [4.69, 9.17) is 13.9 Å². The Morgan fingerprint density at radius 2 is 1.69 bits per heavy atom. The van der Waals surface area contributed by atoms with Crippen LogP contribution in [-0.2, 0) is 25.3 Å². The van der Waals surface area contributed by atoms with Crippen LogP contribution in [-0.4, -0.2) is 39.0 Å². The number of hydrogen-bond donors (Lipinski definition) is 0. The highest BCUT2D eigenvalue weighted by molar-refractivity contribution is 6.74. The first kappa shape index (κ1) is 27.2. The molecule has 4 nitrogen and oxygen atoms in total. The molecule has 5 heteroatoms. The number of benzene rings is 1. The number of rotatable bonds is 9. The summed E-state index contributed by atoms with van der Waals surface area (Å²) >= 11 is 0. The zero-order valence-electron chi connectivity index (χ0n) is 21.9. The van der Waals surface area contributed by atoms with Crippen molar-refractivity contribution in [2.45, 2.75) is 104 Å². The Hall–Kier alpha value is -1.01. The molecule has 1 aliphatic rings. The third-order valence-electron chi connectivity index (χ3n) is 7.38. The molecule has 0 saturated heterocycles. The van der Waals surface area contributed by atoms with E-state index in [1.165, 1.54) is 0 Å². The zero-order chi connectivity index (χ0) is 24.2. The highest BCUT2D eigenvalue weighted by atomic mass is 28.4. The van der Waals surface area contributed by atoms with Crippen LogP contribution in [0.1, 0.15) is 73.3 Å². The molecule has 0 aromatic heterocycles. The number of Topliss-reactive ketones (excluding diaryl/α,β-unsaturated/α-hetero) is 1. The van der Waals surface area contributed by atoms with Crippen LogP contribution in [0.5, 0.6) is 0 Å². The Labute approximate surface area is 197 Å². The Bertz CT molecular complexity index is 732. The number of carbonyl (C=O) groups excluding carboxylic acids is 1. The highest BCUT2D eigenvalue weighted by Gasteiger charge is 2.50. The van der Waals surface area contributed by atoms with E-state index in [0.717, 1.165) is 18.4 Å². The highest BCUT2D eigenvalue weighted by Crippen LogP contribution is 2.46. The molecule has 1 saturated carbocycles. The van der Waals surface area contributed by atoms with Crippen LogP contribution in [0.15, 0.2) is 30.3 Å². The van der Waals surface area contributed by atoms with Gasteiger partial charge in [0, 0.05) is 31.0 Å². The van der Waals surface area contributed by atoms with Gasteiger partial charge >= 0.3 is 0 Å². The van der Waals surface area contributed by atoms with E-state index in [9.17, 15) is 4.79 Å². The summed E-state index contributed by atoms with van der Waals surface area (Å²) in [5.74, 6) is 0.140. The van der Waals surface area contributed by atoms with Crippen LogP contribution < -0.4 is 0 Å². The van der Waals surface area contributed by atoms with Crippen LogP contribution in [0, 0.1) is 11.3 Å². The molecule has 1 aliphatic carbocycles. The van der Waals surface area contributed by atoms with Gasteiger partial charge in [-0.1, -0.05) is 58.0 Å². The van der Waals surface area contributed by atoms with Gasteiger partial charge in [0.1, 0.15) is 5.78 Å². The van der Waals surface area contributed by atoms with Crippen LogP contribution in [0.25, 0.3) is 0 Å². The van der Waals surface area contributed by atoms with Gasteiger partial charge in [0.05, 0.1) is 18.3 Å². The Morgan fingerprint density at radius 3 is 2.25 bits per heavy atom. The van der Waals surface area contributed by atoms with Gasteiger partial charge in [-0.15, -0.1) is 0 Å². The molecule has 0 unspecified atom stereocenters. The van der Waals surface area contributed by atoms with Gasteiger partial charge in [0.15, 0.2) is 8.32 Å². The second-order valence-corrected chi connectivity index (χ2v) is 17.0. The molecule has 0 aliphatic heterocycles. The van der Waals surface area contributed by atoms with Gasteiger partial charge in [-0.25, -0.2) is 0 Å². The maximum atomic E-state index is 13.2. The van der Waals surface area contributed by atoms with E-state index in [1.54, 1.807) is 0 Å². The smallest absolute Gasteiger partial charge is 0.192 e. The minimum absolute atomic E-state index is 0.00791. The molecule has 1 aromatic carbocycles. The van der Waals surface area contributed by atoms with Gasteiger partial charge in [-0.05, 0) is 57.3 Å². The SMILES string of the molecule is CC(C)(C)O[C@H]1CCC(=O)[C@H](CO[Si](C)(C)C(C)(C)C)[C@]1(C)CCOCc1ccccc1. The summed E-state index contributed by atoms with van der Waals surface area (Å²) in [7, 11) is -1.96. The number of ketones is 1. The fourth-order valence-electron chi connectivity index (χ4n) is 4.17. The van der Waals surface area contributed by atoms with Crippen molar-refractivity contribution in [1.82, 2.24) is 0 Å². The first-order chi connectivity index (χ1) is 14.7. The maximum absolute atomic E-state index is 13.2. The van der Waals surface area contributed by atoms with E-state index in [1.807, 2.05) is 18.2 Å². The first-order valence-corrected chi connectivity index (χ1v) is 15.0. The predicted octanol–water partition coefficient (Wildman–Crippen LogP) is 6.78. The summed E-state index contributed by atoms with van der Waals surface area (Å²) in [6.45, 7) is 21.4. The lowest BCUT2D eigenvalue weighted by atomic mass is 9.63.